The summed E-state index contributed by atoms with van der Waals surface area (Å²) in [4.78, 5) is 39.5. The summed E-state index contributed by atoms with van der Waals surface area (Å²) in [7, 11) is 1.55. The Hall–Kier alpha value is -5.10. The van der Waals surface area contributed by atoms with Gasteiger partial charge in [0.2, 0.25) is 5.95 Å². The number of aromatic nitrogens is 3. The van der Waals surface area contributed by atoms with Gasteiger partial charge in [-0.3, -0.25) is 19.5 Å². The lowest BCUT2D eigenvalue weighted by atomic mass is 10.2. The molecule has 202 valence electrons. The lowest BCUT2D eigenvalue weighted by molar-refractivity contribution is -0.114. The molecule has 3 N–H and O–H groups in total. The van der Waals surface area contributed by atoms with Crippen molar-refractivity contribution in [1.29, 1.82) is 0 Å². The number of thioether (sulfide) groups is 1. The molecular weight excluding hydrogens is 530 g/mol. The number of nitrogens with one attached hydrogen (secondary N) is 3. The largest absolute Gasteiger partial charge is 0.468 e. The van der Waals surface area contributed by atoms with Gasteiger partial charge in [0, 0.05) is 31.2 Å². The summed E-state index contributed by atoms with van der Waals surface area (Å²) in [5.74, 6) is 2.08. The Kier molecular flexibility index (Phi) is 7.78. The van der Waals surface area contributed by atoms with Crippen molar-refractivity contribution in [1.82, 2.24) is 20.3 Å². The summed E-state index contributed by atoms with van der Waals surface area (Å²) in [6, 6.07) is 16.0. The molecule has 0 radical (unpaired) electrons. The van der Waals surface area contributed by atoms with Crippen LogP contribution in [0.1, 0.15) is 10.5 Å². The van der Waals surface area contributed by atoms with Crippen LogP contribution in [0.15, 0.2) is 84.5 Å². The van der Waals surface area contributed by atoms with E-state index >= 15 is 0 Å². The molecular formula is C28H25N7O4S. The maximum Gasteiger partial charge on any atom is 0.269 e. The van der Waals surface area contributed by atoms with Gasteiger partial charge in [-0.2, -0.15) is 4.98 Å². The van der Waals surface area contributed by atoms with Crippen molar-refractivity contribution in [2.24, 2.45) is 0 Å². The van der Waals surface area contributed by atoms with E-state index < -0.39 is 0 Å². The van der Waals surface area contributed by atoms with E-state index in [0.717, 1.165) is 10.6 Å². The van der Waals surface area contributed by atoms with Gasteiger partial charge < -0.3 is 25.4 Å². The van der Waals surface area contributed by atoms with Crippen LogP contribution in [0.4, 0.5) is 28.8 Å². The SMILES string of the molecule is C=CC(=O)N1COc2c(Nc3nc(Nc4ccc(Oc5ccnc(C(=O)NC)c5)cc4)ncc3SC)cccc21. The first-order chi connectivity index (χ1) is 19.5. The molecule has 0 atom stereocenters. The number of benzene rings is 2. The first kappa shape index (κ1) is 26.5. The maximum absolute atomic E-state index is 12.2. The van der Waals surface area contributed by atoms with Crippen molar-refractivity contribution >= 4 is 52.4 Å². The number of anilines is 5. The fourth-order valence-electron chi connectivity index (χ4n) is 3.87. The van der Waals surface area contributed by atoms with Crippen LogP contribution >= 0.6 is 11.8 Å². The molecule has 0 aliphatic carbocycles. The number of hydrogen-bond acceptors (Lipinski definition) is 10. The van der Waals surface area contributed by atoms with E-state index in [1.54, 1.807) is 37.5 Å². The van der Waals surface area contributed by atoms with Crippen molar-refractivity contribution in [3.05, 3.63) is 85.3 Å². The van der Waals surface area contributed by atoms with Crippen molar-refractivity contribution in [3.63, 3.8) is 0 Å². The summed E-state index contributed by atoms with van der Waals surface area (Å²) in [5.41, 5.74) is 2.35. The highest BCUT2D eigenvalue weighted by atomic mass is 32.2. The number of nitrogens with zero attached hydrogens (tertiary/aromatic N) is 4. The molecule has 2 amide bonds. The van der Waals surface area contributed by atoms with Crippen LogP contribution in [0.3, 0.4) is 0 Å². The predicted molar refractivity (Wildman–Crippen MR) is 154 cm³/mol. The molecule has 0 spiro atoms. The number of carbonyl (C=O) groups is 2. The van der Waals surface area contributed by atoms with Crippen LogP contribution in [0.5, 0.6) is 17.2 Å². The Morgan fingerprint density at radius 1 is 1.10 bits per heavy atom. The summed E-state index contributed by atoms with van der Waals surface area (Å²) in [5, 5.41) is 9.07. The first-order valence-electron chi connectivity index (χ1n) is 12.1. The molecule has 0 unspecified atom stereocenters. The standard InChI is InChI=1S/C28H25N7O4S/c1-4-24(36)35-16-38-25-20(6-5-7-22(25)35)33-26-23(40-3)15-31-28(34-26)32-17-8-10-18(11-9-17)39-19-12-13-30-21(14-19)27(37)29-2/h4-15H,1,16H2,2-3H3,(H,29,37)(H2,31,32,33,34). The van der Waals surface area contributed by atoms with E-state index in [2.05, 4.69) is 37.5 Å². The monoisotopic (exact) mass is 555 g/mol. The molecule has 5 rings (SSSR count). The minimum Gasteiger partial charge on any atom is -0.468 e. The molecule has 1 aliphatic heterocycles. The predicted octanol–water partition coefficient (Wildman–Crippen LogP) is 5.10. The van der Waals surface area contributed by atoms with E-state index in [0.29, 0.717) is 40.4 Å². The lowest BCUT2D eigenvalue weighted by Crippen LogP contribution is -2.27. The Balaban J connectivity index is 1.31. The average Bonchev–Trinajstić information content (AvgIpc) is 3.43. The zero-order chi connectivity index (χ0) is 28.1. The van der Waals surface area contributed by atoms with Gasteiger partial charge >= 0.3 is 0 Å². The third kappa shape index (κ3) is 5.66. The van der Waals surface area contributed by atoms with Gasteiger partial charge in [-0.25, -0.2) is 4.98 Å². The minimum atomic E-state index is -0.291. The number of carbonyl (C=O) groups excluding carboxylic acids is 2. The molecule has 0 fully saturated rings. The smallest absolute Gasteiger partial charge is 0.269 e. The van der Waals surface area contributed by atoms with Gasteiger partial charge in [-0.15, -0.1) is 11.8 Å². The Morgan fingerprint density at radius 2 is 1.93 bits per heavy atom. The van der Waals surface area contributed by atoms with Crippen LogP contribution in [0.2, 0.25) is 0 Å². The highest BCUT2D eigenvalue weighted by molar-refractivity contribution is 7.98. The Morgan fingerprint density at radius 3 is 2.67 bits per heavy atom. The lowest BCUT2D eigenvalue weighted by Gasteiger charge is -2.14. The van der Waals surface area contributed by atoms with Crippen molar-refractivity contribution < 1.29 is 19.1 Å². The van der Waals surface area contributed by atoms with Crippen molar-refractivity contribution in [3.8, 4) is 17.2 Å². The van der Waals surface area contributed by atoms with Gasteiger partial charge in [0.15, 0.2) is 12.5 Å². The average molecular weight is 556 g/mol. The topological polar surface area (TPSA) is 131 Å². The number of pyridine rings is 1. The highest BCUT2D eigenvalue weighted by Gasteiger charge is 2.27. The van der Waals surface area contributed by atoms with E-state index in [1.165, 1.54) is 28.9 Å². The molecule has 4 aromatic rings. The van der Waals surface area contributed by atoms with Gasteiger partial charge in [0.1, 0.15) is 23.0 Å². The molecule has 40 heavy (non-hydrogen) atoms. The Bertz CT molecular complexity index is 1580. The summed E-state index contributed by atoms with van der Waals surface area (Å²) >= 11 is 1.50. The maximum atomic E-state index is 12.2. The van der Waals surface area contributed by atoms with Crippen LogP contribution in [0, 0.1) is 0 Å². The summed E-state index contributed by atoms with van der Waals surface area (Å²) in [6.07, 6.45) is 6.44. The van der Waals surface area contributed by atoms with Crippen molar-refractivity contribution in [2.45, 2.75) is 4.90 Å². The van der Waals surface area contributed by atoms with Gasteiger partial charge in [-0.05, 0) is 54.8 Å². The molecule has 2 aromatic heterocycles. The van der Waals surface area contributed by atoms with Crippen LogP contribution in [0.25, 0.3) is 0 Å². The van der Waals surface area contributed by atoms with E-state index in [-0.39, 0.29) is 24.2 Å². The van der Waals surface area contributed by atoms with Gasteiger partial charge in [0.05, 0.1) is 16.3 Å². The molecule has 1 aliphatic rings. The second-order valence-electron chi connectivity index (χ2n) is 8.34. The highest BCUT2D eigenvalue weighted by Crippen LogP contribution is 2.42. The second-order valence-corrected chi connectivity index (χ2v) is 9.19. The zero-order valence-electron chi connectivity index (χ0n) is 21.7. The number of rotatable bonds is 9. The molecule has 11 nitrogen and oxygen atoms in total. The molecule has 0 saturated heterocycles. The number of para-hydroxylation sites is 1. The molecule has 2 aromatic carbocycles. The molecule has 0 bridgehead atoms. The zero-order valence-corrected chi connectivity index (χ0v) is 22.5. The first-order valence-corrected chi connectivity index (χ1v) is 13.3. The third-order valence-electron chi connectivity index (χ3n) is 5.83. The van der Waals surface area contributed by atoms with E-state index in [9.17, 15) is 9.59 Å². The summed E-state index contributed by atoms with van der Waals surface area (Å²) < 4.78 is 11.7. The van der Waals surface area contributed by atoms with Crippen LogP contribution in [-0.2, 0) is 4.79 Å². The molecule has 12 heteroatoms. The minimum absolute atomic E-state index is 0.112. The Labute approximate surface area is 234 Å². The van der Waals surface area contributed by atoms with Gasteiger partial charge in [-0.1, -0.05) is 12.6 Å². The third-order valence-corrected chi connectivity index (χ3v) is 6.57. The van der Waals surface area contributed by atoms with Gasteiger partial charge in [0.25, 0.3) is 11.8 Å². The quantitative estimate of drug-likeness (QED) is 0.189. The van der Waals surface area contributed by atoms with E-state index in [1.807, 2.05) is 36.6 Å². The van der Waals surface area contributed by atoms with Crippen molar-refractivity contribution in [2.75, 3.05) is 35.6 Å². The number of hydrogen-bond donors (Lipinski definition) is 3. The summed E-state index contributed by atoms with van der Waals surface area (Å²) in [6.45, 7) is 3.67. The fraction of sp³-hybridized carbons (Fsp3) is 0.107. The normalized spacial score (nSPS) is 11.7. The fourth-order valence-corrected chi connectivity index (χ4v) is 4.32. The number of fused-ring (bicyclic) bond motifs is 1. The van der Waals surface area contributed by atoms with Crippen LogP contribution in [-0.4, -0.2) is 46.8 Å². The van der Waals surface area contributed by atoms with Crippen LogP contribution < -0.4 is 30.3 Å². The van der Waals surface area contributed by atoms with E-state index in [4.69, 9.17) is 9.47 Å². The molecule has 0 saturated carbocycles. The number of amides is 2. The second kappa shape index (κ2) is 11.7. The number of ether oxygens (including phenoxy) is 2. The molecule has 3 heterocycles.